The number of ether oxygens (including phenoxy) is 1. The summed E-state index contributed by atoms with van der Waals surface area (Å²) in [6.07, 6.45) is 0. The number of benzene rings is 1. The lowest BCUT2D eigenvalue weighted by molar-refractivity contribution is -0.131. The van der Waals surface area contributed by atoms with Crippen molar-refractivity contribution >= 4 is 23.3 Å². The monoisotopic (exact) mass is 237 g/mol. The Bertz CT molecular complexity index is 481. The Hall–Kier alpha value is -2.37. The lowest BCUT2D eigenvalue weighted by atomic mass is 10.1. The number of aliphatic carboxylic acids is 1. The van der Waals surface area contributed by atoms with Crippen molar-refractivity contribution in [1.29, 1.82) is 0 Å². The van der Waals surface area contributed by atoms with Gasteiger partial charge in [0.1, 0.15) is 5.75 Å². The van der Waals surface area contributed by atoms with E-state index in [0.29, 0.717) is 0 Å². The molecule has 2 N–H and O–H groups in total. The van der Waals surface area contributed by atoms with Crippen LogP contribution in [0.25, 0.3) is 0 Å². The zero-order valence-electron chi connectivity index (χ0n) is 9.31. The number of carbonyl (C=O) groups is 3. The van der Waals surface area contributed by atoms with Crippen molar-refractivity contribution in [3.05, 3.63) is 23.8 Å². The Morgan fingerprint density at radius 3 is 2.41 bits per heavy atom. The van der Waals surface area contributed by atoms with Crippen LogP contribution in [0.15, 0.2) is 18.2 Å². The van der Waals surface area contributed by atoms with Crippen molar-refractivity contribution < 1.29 is 24.2 Å². The van der Waals surface area contributed by atoms with Gasteiger partial charge >= 0.3 is 5.97 Å². The molecule has 0 aromatic heterocycles. The third-order valence-electron chi connectivity index (χ3n) is 1.99. The van der Waals surface area contributed by atoms with E-state index >= 15 is 0 Å². The highest BCUT2D eigenvalue weighted by Crippen LogP contribution is 2.28. The van der Waals surface area contributed by atoms with Crippen LogP contribution in [-0.4, -0.2) is 29.9 Å². The van der Waals surface area contributed by atoms with E-state index in [1.54, 1.807) is 0 Å². The van der Waals surface area contributed by atoms with Gasteiger partial charge in [-0.1, -0.05) is 6.07 Å². The molecule has 0 aliphatic heterocycles. The van der Waals surface area contributed by atoms with Crippen LogP contribution >= 0.6 is 0 Å². The van der Waals surface area contributed by atoms with Crippen molar-refractivity contribution in [1.82, 2.24) is 0 Å². The second kappa shape index (κ2) is 5.11. The van der Waals surface area contributed by atoms with Gasteiger partial charge in [-0.2, -0.15) is 0 Å². The first-order valence-corrected chi connectivity index (χ1v) is 4.69. The molecule has 0 aliphatic rings. The molecule has 0 saturated carbocycles. The summed E-state index contributed by atoms with van der Waals surface area (Å²) < 4.78 is 4.96. The Kier molecular flexibility index (Phi) is 3.82. The van der Waals surface area contributed by atoms with Crippen LogP contribution in [0.5, 0.6) is 5.75 Å². The number of amides is 1. The zero-order valence-corrected chi connectivity index (χ0v) is 9.31. The highest BCUT2D eigenvalue weighted by Gasteiger charge is 2.21. The van der Waals surface area contributed by atoms with E-state index in [1.807, 2.05) is 0 Å². The molecule has 1 rings (SSSR count). The summed E-state index contributed by atoms with van der Waals surface area (Å²) in [7, 11) is 1.36. The molecular weight excluding hydrogens is 226 g/mol. The van der Waals surface area contributed by atoms with Crippen LogP contribution in [0.3, 0.4) is 0 Å². The Morgan fingerprint density at radius 1 is 1.29 bits per heavy atom. The van der Waals surface area contributed by atoms with E-state index in [9.17, 15) is 14.4 Å². The van der Waals surface area contributed by atoms with Gasteiger partial charge in [-0.3, -0.25) is 9.59 Å². The SMILES string of the molecule is COc1cccc(C(=O)C(=O)O)c1NC(C)=O. The van der Waals surface area contributed by atoms with Crippen LogP contribution in [0, 0.1) is 0 Å². The third kappa shape index (κ3) is 2.81. The summed E-state index contributed by atoms with van der Waals surface area (Å²) in [4.78, 5) is 33.0. The van der Waals surface area contributed by atoms with E-state index in [1.165, 1.54) is 32.2 Å². The number of carbonyl (C=O) groups excluding carboxylic acids is 2. The molecule has 17 heavy (non-hydrogen) atoms. The van der Waals surface area contributed by atoms with Crippen LogP contribution in [0.1, 0.15) is 17.3 Å². The molecule has 0 aliphatic carbocycles. The van der Waals surface area contributed by atoms with Gasteiger partial charge in [-0.05, 0) is 12.1 Å². The molecular formula is C11H11NO5. The van der Waals surface area contributed by atoms with E-state index in [4.69, 9.17) is 9.84 Å². The maximum Gasteiger partial charge on any atom is 0.377 e. The van der Waals surface area contributed by atoms with Crippen LogP contribution in [0.2, 0.25) is 0 Å². The minimum atomic E-state index is -1.59. The van der Waals surface area contributed by atoms with Gasteiger partial charge in [-0.25, -0.2) is 4.79 Å². The van der Waals surface area contributed by atoms with Crippen LogP contribution in [0.4, 0.5) is 5.69 Å². The molecule has 0 spiro atoms. The molecule has 1 aromatic rings. The summed E-state index contributed by atoms with van der Waals surface area (Å²) in [5.41, 5.74) is -0.0537. The van der Waals surface area contributed by atoms with Gasteiger partial charge in [0.2, 0.25) is 5.91 Å². The number of Topliss-reactive ketones (excluding diaryl/α,β-unsaturated/α-hetero) is 1. The van der Waals surface area contributed by atoms with Crippen molar-refractivity contribution in [2.75, 3.05) is 12.4 Å². The molecule has 6 nitrogen and oxygen atoms in total. The average molecular weight is 237 g/mol. The van der Waals surface area contributed by atoms with Crippen molar-refractivity contribution in [3.63, 3.8) is 0 Å². The molecule has 6 heteroatoms. The molecule has 0 saturated heterocycles. The molecule has 1 aromatic carbocycles. The van der Waals surface area contributed by atoms with Gasteiger partial charge < -0.3 is 15.2 Å². The number of methoxy groups -OCH3 is 1. The number of ketones is 1. The minimum absolute atomic E-state index is 0.0647. The molecule has 0 unspecified atom stereocenters. The van der Waals surface area contributed by atoms with E-state index < -0.39 is 17.7 Å². The normalized spacial score (nSPS) is 9.53. The standard InChI is InChI=1S/C11H11NO5/c1-6(13)12-9-7(10(14)11(15)16)4-3-5-8(9)17-2/h3-5H,1-2H3,(H,12,13)(H,15,16). The van der Waals surface area contributed by atoms with E-state index in [0.717, 1.165) is 0 Å². The first-order chi connectivity index (χ1) is 7.97. The molecule has 0 fully saturated rings. The highest BCUT2D eigenvalue weighted by atomic mass is 16.5. The summed E-state index contributed by atoms with van der Waals surface area (Å²) >= 11 is 0. The third-order valence-corrected chi connectivity index (χ3v) is 1.99. The first-order valence-electron chi connectivity index (χ1n) is 4.69. The summed E-state index contributed by atoms with van der Waals surface area (Å²) in [5, 5.41) is 11.0. The Morgan fingerprint density at radius 2 is 1.94 bits per heavy atom. The number of hydrogen-bond acceptors (Lipinski definition) is 4. The number of hydrogen-bond donors (Lipinski definition) is 2. The molecule has 1 amide bonds. The molecule has 0 radical (unpaired) electrons. The topological polar surface area (TPSA) is 92.7 Å². The fourth-order valence-electron chi connectivity index (χ4n) is 1.31. The average Bonchev–Trinajstić information content (AvgIpc) is 2.27. The summed E-state index contributed by atoms with van der Waals surface area (Å²) in [6.45, 7) is 1.25. The van der Waals surface area contributed by atoms with Gasteiger partial charge in [0.25, 0.3) is 5.78 Å². The largest absolute Gasteiger partial charge is 0.495 e. The van der Waals surface area contributed by atoms with Crippen molar-refractivity contribution in [2.24, 2.45) is 0 Å². The van der Waals surface area contributed by atoms with Crippen LogP contribution in [-0.2, 0) is 9.59 Å². The lowest BCUT2D eigenvalue weighted by Gasteiger charge is -2.11. The number of carboxylic acid groups (broad SMARTS) is 1. The predicted octanol–water partition coefficient (Wildman–Crippen LogP) is 0.921. The second-order valence-electron chi connectivity index (χ2n) is 3.20. The molecule has 0 atom stereocenters. The van der Waals surface area contributed by atoms with Crippen molar-refractivity contribution in [2.45, 2.75) is 6.92 Å². The molecule has 90 valence electrons. The van der Waals surface area contributed by atoms with Crippen molar-refractivity contribution in [3.8, 4) is 5.75 Å². The maximum atomic E-state index is 11.4. The number of anilines is 1. The Labute approximate surface area is 97.2 Å². The fourth-order valence-corrected chi connectivity index (χ4v) is 1.31. The maximum absolute atomic E-state index is 11.4. The van der Waals surface area contributed by atoms with Gasteiger partial charge in [0, 0.05) is 6.92 Å². The van der Waals surface area contributed by atoms with Gasteiger partial charge in [0.15, 0.2) is 0 Å². The summed E-state index contributed by atoms with van der Waals surface area (Å²) in [6, 6.07) is 4.30. The second-order valence-corrected chi connectivity index (χ2v) is 3.20. The Balaban J connectivity index is 3.33. The van der Waals surface area contributed by atoms with Crippen LogP contribution < -0.4 is 10.1 Å². The number of carboxylic acids is 1. The zero-order chi connectivity index (χ0) is 13.0. The van der Waals surface area contributed by atoms with Gasteiger partial charge in [0.05, 0.1) is 18.4 Å². The molecule has 0 heterocycles. The van der Waals surface area contributed by atoms with E-state index in [-0.39, 0.29) is 17.0 Å². The molecule has 0 bridgehead atoms. The highest BCUT2D eigenvalue weighted by molar-refractivity contribution is 6.41. The number of para-hydroxylation sites is 1. The number of rotatable bonds is 4. The minimum Gasteiger partial charge on any atom is -0.495 e. The fraction of sp³-hybridized carbons (Fsp3) is 0.182. The van der Waals surface area contributed by atoms with Gasteiger partial charge in [-0.15, -0.1) is 0 Å². The lowest BCUT2D eigenvalue weighted by Crippen LogP contribution is -2.17. The van der Waals surface area contributed by atoms with E-state index in [2.05, 4.69) is 5.32 Å². The smallest absolute Gasteiger partial charge is 0.377 e. The quantitative estimate of drug-likeness (QED) is 0.600. The predicted molar refractivity (Wildman–Crippen MR) is 59.3 cm³/mol. The first kappa shape index (κ1) is 12.7. The summed E-state index contributed by atoms with van der Waals surface area (Å²) in [5.74, 6) is -2.89. The number of nitrogens with one attached hydrogen (secondary N) is 1.